The minimum absolute atomic E-state index is 0.0567. The van der Waals surface area contributed by atoms with Crippen LogP contribution in [-0.2, 0) is 5.41 Å². The first-order valence-corrected chi connectivity index (χ1v) is 7.32. The lowest BCUT2D eigenvalue weighted by atomic mass is 9.85. The first-order chi connectivity index (χ1) is 10.1. The number of carbonyl (C=O) groups is 1. The second kappa shape index (κ2) is 5.61. The molecule has 0 saturated carbocycles. The average molecular weight is 319 g/mol. The molecular weight excluding hydrogens is 300 g/mol. The van der Waals surface area contributed by atoms with Crippen molar-refractivity contribution in [1.29, 1.82) is 0 Å². The van der Waals surface area contributed by atoms with Gasteiger partial charge in [0.2, 0.25) is 0 Å². The zero-order valence-electron chi connectivity index (χ0n) is 13.1. The van der Waals surface area contributed by atoms with E-state index in [9.17, 15) is 9.59 Å². The highest BCUT2D eigenvalue weighted by atomic mass is 35.5. The lowest BCUT2D eigenvalue weighted by Gasteiger charge is -2.22. The monoisotopic (exact) mass is 318 g/mol. The lowest BCUT2D eigenvalue weighted by molar-refractivity contribution is 0.0999. The molecule has 2 rings (SSSR count). The van der Waals surface area contributed by atoms with E-state index in [1.54, 1.807) is 0 Å². The number of hydrogen-bond acceptors (Lipinski definition) is 2. The second-order valence-electron chi connectivity index (χ2n) is 6.39. The number of aromatic nitrogens is 1. The molecular formula is C17H19ClN2O2. The minimum Gasteiger partial charge on any atom is -0.365 e. The molecule has 0 aliphatic carbocycles. The Morgan fingerprint density at radius 1 is 1.23 bits per heavy atom. The zero-order chi connectivity index (χ0) is 16.7. The van der Waals surface area contributed by atoms with Crippen molar-refractivity contribution in [3.05, 3.63) is 56.3 Å². The molecule has 0 spiro atoms. The van der Waals surface area contributed by atoms with Crippen molar-refractivity contribution in [2.75, 3.05) is 0 Å². The highest BCUT2D eigenvalue weighted by molar-refractivity contribution is 6.31. The number of rotatable bonds is 2. The number of nitrogens with one attached hydrogen (secondary N) is 1. The molecule has 1 amide bonds. The van der Waals surface area contributed by atoms with Gasteiger partial charge in [-0.1, -0.05) is 38.4 Å². The quantitative estimate of drug-likeness (QED) is 0.890. The Morgan fingerprint density at radius 3 is 2.36 bits per heavy atom. The Kier molecular flexibility index (Phi) is 4.16. The highest BCUT2D eigenvalue weighted by Crippen LogP contribution is 2.34. The third kappa shape index (κ3) is 3.07. The number of aromatic amines is 1. The maximum absolute atomic E-state index is 11.9. The summed E-state index contributed by atoms with van der Waals surface area (Å²) in [5, 5.41) is 0.646. The molecule has 1 aromatic heterocycles. The molecule has 0 saturated heterocycles. The number of aryl methyl sites for hydroxylation is 1. The van der Waals surface area contributed by atoms with Crippen LogP contribution in [0.25, 0.3) is 11.3 Å². The molecule has 0 aliphatic heterocycles. The summed E-state index contributed by atoms with van der Waals surface area (Å²) in [7, 11) is 0. The van der Waals surface area contributed by atoms with E-state index in [1.807, 2.05) is 19.1 Å². The van der Waals surface area contributed by atoms with Gasteiger partial charge in [0.15, 0.2) is 5.43 Å². The number of halogens is 1. The normalized spacial score (nSPS) is 11.5. The van der Waals surface area contributed by atoms with E-state index in [4.69, 9.17) is 17.3 Å². The molecule has 0 radical (unpaired) electrons. The van der Waals surface area contributed by atoms with E-state index in [2.05, 4.69) is 25.8 Å². The standard InChI is InChI=1S/C17H19ClN2O2/c1-9-5-12(17(2,3)4)13(18)6-10(9)14-7-15(21)11(8-20-14)16(19)22/h5-8H,1-4H3,(H2,19,22)(H,20,21). The van der Waals surface area contributed by atoms with Gasteiger partial charge < -0.3 is 10.7 Å². The Labute approximate surface area is 134 Å². The number of benzene rings is 1. The zero-order valence-corrected chi connectivity index (χ0v) is 13.8. The molecule has 0 bridgehead atoms. The smallest absolute Gasteiger partial charge is 0.254 e. The van der Waals surface area contributed by atoms with Crippen LogP contribution in [-0.4, -0.2) is 10.9 Å². The van der Waals surface area contributed by atoms with Crippen molar-refractivity contribution >= 4 is 17.5 Å². The number of carbonyl (C=O) groups excluding carboxylic acids is 1. The van der Waals surface area contributed by atoms with E-state index in [0.29, 0.717) is 10.7 Å². The van der Waals surface area contributed by atoms with Gasteiger partial charge in [-0.25, -0.2) is 0 Å². The molecule has 0 aliphatic rings. The fraction of sp³-hybridized carbons (Fsp3) is 0.294. The van der Waals surface area contributed by atoms with Crippen LogP contribution in [0.3, 0.4) is 0 Å². The van der Waals surface area contributed by atoms with Crippen LogP contribution in [0.2, 0.25) is 5.02 Å². The van der Waals surface area contributed by atoms with Gasteiger partial charge >= 0.3 is 0 Å². The van der Waals surface area contributed by atoms with Gasteiger partial charge in [0, 0.05) is 28.5 Å². The van der Waals surface area contributed by atoms with Crippen LogP contribution in [0.4, 0.5) is 0 Å². The van der Waals surface area contributed by atoms with E-state index in [-0.39, 0.29) is 11.0 Å². The van der Waals surface area contributed by atoms with E-state index >= 15 is 0 Å². The predicted molar refractivity (Wildman–Crippen MR) is 89.5 cm³/mol. The lowest BCUT2D eigenvalue weighted by Crippen LogP contribution is -2.21. The largest absolute Gasteiger partial charge is 0.365 e. The number of nitrogens with two attached hydrogens (primary N) is 1. The first-order valence-electron chi connectivity index (χ1n) is 6.95. The molecule has 0 unspecified atom stereocenters. The number of hydrogen-bond donors (Lipinski definition) is 2. The molecule has 2 aromatic rings. The van der Waals surface area contributed by atoms with Gasteiger partial charge in [-0.3, -0.25) is 9.59 Å². The number of amides is 1. The molecule has 3 N–H and O–H groups in total. The van der Waals surface area contributed by atoms with Crippen LogP contribution >= 0.6 is 11.6 Å². The molecule has 1 heterocycles. The topological polar surface area (TPSA) is 76.0 Å². The summed E-state index contributed by atoms with van der Waals surface area (Å²) >= 11 is 6.39. The molecule has 0 atom stereocenters. The van der Waals surface area contributed by atoms with Gasteiger partial charge in [-0.05, 0) is 29.5 Å². The van der Waals surface area contributed by atoms with Crippen molar-refractivity contribution in [2.24, 2.45) is 5.73 Å². The van der Waals surface area contributed by atoms with Crippen LogP contribution in [0.1, 0.15) is 42.3 Å². The number of pyridine rings is 1. The van der Waals surface area contributed by atoms with Crippen molar-refractivity contribution in [3.8, 4) is 11.3 Å². The van der Waals surface area contributed by atoms with E-state index in [1.165, 1.54) is 12.3 Å². The SMILES string of the molecule is Cc1cc(C(C)(C)C)c(Cl)cc1-c1cc(=O)c(C(N)=O)c[nH]1. The van der Waals surface area contributed by atoms with Crippen molar-refractivity contribution in [2.45, 2.75) is 33.1 Å². The van der Waals surface area contributed by atoms with Crippen LogP contribution in [0.15, 0.2) is 29.2 Å². The molecule has 1 aromatic carbocycles. The maximum atomic E-state index is 11.9. The number of primary amides is 1. The summed E-state index contributed by atoms with van der Waals surface area (Å²) in [6, 6.07) is 5.24. The van der Waals surface area contributed by atoms with Crippen molar-refractivity contribution in [3.63, 3.8) is 0 Å². The summed E-state index contributed by atoms with van der Waals surface area (Å²) < 4.78 is 0. The van der Waals surface area contributed by atoms with E-state index < -0.39 is 11.3 Å². The summed E-state index contributed by atoms with van der Waals surface area (Å²) in [4.78, 5) is 26.0. The summed E-state index contributed by atoms with van der Waals surface area (Å²) in [5.74, 6) is -0.745. The van der Waals surface area contributed by atoms with Crippen LogP contribution in [0.5, 0.6) is 0 Å². The summed E-state index contributed by atoms with van der Waals surface area (Å²) in [6.45, 7) is 8.24. The summed E-state index contributed by atoms with van der Waals surface area (Å²) in [5.41, 5.74) is 8.09. The van der Waals surface area contributed by atoms with Crippen LogP contribution in [0, 0.1) is 6.92 Å². The van der Waals surface area contributed by atoms with Crippen molar-refractivity contribution < 1.29 is 4.79 Å². The first kappa shape index (κ1) is 16.3. The fourth-order valence-corrected chi connectivity index (χ4v) is 2.81. The summed E-state index contributed by atoms with van der Waals surface area (Å²) in [6.07, 6.45) is 1.34. The predicted octanol–water partition coefficient (Wildman–Crippen LogP) is 3.40. The van der Waals surface area contributed by atoms with Crippen molar-refractivity contribution in [1.82, 2.24) is 4.98 Å². The Bertz CT molecular complexity index is 801. The minimum atomic E-state index is -0.745. The third-order valence-corrected chi connectivity index (χ3v) is 3.90. The fourth-order valence-electron chi connectivity index (χ4n) is 2.37. The van der Waals surface area contributed by atoms with Gasteiger partial charge in [-0.15, -0.1) is 0 Å². The molecule has 5 heteroatoms. The Morgan fingerprint density at radius 2 is 1.86 bits per heavy atom. The molecule has 22 heavy (non-hydrogen) atoms. The van der Waals surface area contributed by atoms with Gasteiger partial charge in [0.05, 0.1) is 0 Å². The third-order valence-electron chi connectivity index (χ3n) is 3.59. The highest BCUT2D eigenvalue weighted by Gasteiger charge is 2.19. The van der Waals surface area contributed by atoms with Gasteiger partial charge in [0.1, 0.15) is 5.56 Å². The Hall–Kier alpha value is -2.07. The van der Waals surface area contributed by atoms with E-state index in [0.717, 1.165) is 16.7 Å². The number of H-pyrrole nitrogens is 1. The maximum Gasteiger partial charge on any atom is 0.254 e. The average Bonchev–Trinajstić information content (AvgIpc) is 2.39. The van der Waals surface area contributed by atoms with Gasteiger partial charge in [0.25, 0.3) is 5.91 Å². The molecule has 116 valence electrons. The van der Waals surface area contributed by atoms with Crippen LogP contribution < -0.4 is 11.2 Å². The molecule has 4 nitrogen and oxygen atoms in total. The Balaban J connectivity index is 2.60. The van der Waals surface area contributed by atoms with Gasteiger partial charge in [-0.2, -0.15) is 0 Å². The molecule has 0 fully saturated rings. The second-order valence-corrected chi connectivity index (χ2v) is 6.79.